The number of benzene rings is 2. The van der Waals surface area contributed by atoms with Crippen molar-refractivity contribution >= 4 is 11.6 Å². The average molecular weight is 360 g/mol. The summed E-state index contributed by atoms with van der Waals surface area (Å²) in [5.41, 5.74) is 5.66. The lowest BCUT2D eigenvalue weighted by molar-refractivity contribution is 0.0747. The van der Waals surface area contributed by atoms with Crippen LogP contribution in [0.25, 0.3) is 5.69 Å². The molecule has 5 nitrogen and oxygen atoms in total. The Kier molecular flexibility index (Phi) is 4.67. The number of rotatable bonds is 3. The van der Waals surface area contributed by atoms with Crippen molar-refractivity contribution in [2.75, 3.05) is 31.1 Å². The number of hydrogen-bond acceptors (Lipinski definition) is 3. The zero-order chi connectivity index (χ0) is 18.8. The van der Waals surface area contributed by atoms with Gasteiger partial charge in [-0.15, -0.1) is 0 Å². The van der Waals surface area contributed by atoms with E-state index < -0.39 is 0 Å². The first-order valence-electron chi connectivity index (χ1n) is 9.32. The van der Waals surface area contributed by atoms with Crippen LogP contribution in [0.1, 0.15) is 21.5 Å². The number of aryl methyl sites for hydroxylation is 1. The predicted molar refractivity (Wildman–Crippen MR) is 108 cm³/mol. The molecule has 0 aliphatic carbocycles. The summed E-state index contributed by atoms with van der Waals surface area (Å²) in [5, 5.41) is 0. The third-order valence-corrected chi connectivity index (χ3v) is 5.40. The van der Waals surface area contributed by atoms with Crippen LogP contribution in [-0.4, -0.2) is 46.5 Å². The van der Waals surface area contributed by atoms with E-state index in [1.807, 2.05) is 39.9 Å². The lowest BCUT2D eigenvalue weighted by atomic mass is 10.1. The summed E-state index contributed by atoms with van der Waals surface area (Å²) in [6.07, 6.45) is 5.39. The number of carbonyl (C=O) groups excluding carboxylic acids is 1. The minimum absolute atomic E-state index is 0.104. The molecular formula is C22H24N4O. The molecule has 2 heterocycles. The lowest BCUT2D eigenvalue weighted by Gasteiger charge is -2.37. The minimum atomic E-state index is 0.104. The highest BCUT2D eigenvalue weighted by molar-refractivity contribution is 5.94. The zero-order valence-electron chi connectivity index (χ0n) is 15.8. The van der Waals surface area contributed by atoms with Gasteiger partial charge in [0.25, 0.3) is 5.91 Å². The Morgan fingerprint density at radius 1 is 0.963 bits per heavy atom. The number of carbonyl (C=O) groups is 1. The van der Waals surface area contributed by atoms with Gasteiger partial charge in [0.15, 0.2) is 0 Å². The van der Waals surface area contributed by atoms with E-state index in [2.05, 4.69) is 41.9 Å². The molecule has 0 radical (unpaired) electrons. The number of nitrogens with zero attached hydrogens (tertiary/aromatic N) is 4. The first kappa shape index (κ1) is 17.3. The average Bonchev–Trinajstić information content (AvgIpc) is 3.25. The standard InChI is InChI=1S/C22H24N4O/c1-17-4-3-5-21(18(17)2)24-12-14-25(15-13-24)22(27)19-6-8-20(9-7-19)26-11-10-23-16-26/h3-11,16H,12-15H2,1-2H3. The second-order valence-electron chi connectivity index (χ2n) is 7.02. The number of amides is 1. The topological polar surface area (TPSA) is 41.4 Å². The van der Waals surface area contributed by atoms with Crippen molar-refractivity contribution in [3.8, 4) is 5.69 Å². The van der Waals surface area contributed by atoms with Crippen LogP contribution < -0.4 is 4.90 Å². The zero-order valence-corrected chi connectivity index (χ0v) is 15.8. The third-order valence-electron chi connectivity index (χ3n) is 5.40. The van der Waals surface area contributed by atoms with Gasteiger partial charge in [-0.3, -0.25) is 4.79 Å². The van der Waals surface area contributed by atoms with Crippen molar-refractivity contribution in [1.82, 2.24) is 14.5 Å². The van der Waals surface area contributed by atoms with Crippen molar-refractivity contribution < 1.29 is 4.79 Å². The Morgan fingerprint density at radius 2 is 1.70 bits per heavy atom. The molecule has 1 fully saturated rings. The molecule has 3 aromatic rings. The van der Waals surface area contributed by atoms with E-state index >= 15 is 0 Å². The van der Waals surface area contributed by atoms with Gasteiger partial charge < -0.3 is 14.4 Å². The Morgan fingerprint density at radius 3 is 2.37 bits per heavy atom. The monoisotopic (exact) mass is 360 g/mol. The molecule has 0 unspecified atom stereocenters. The molecular weight excluding hydrogens is 336 g/mol. The second-order valence-corrected chi connectivity index (χ2v) is 7.02. The molecule has 0 saturated carbocycles. The molecule has 4 rings (SSSR count). The SMILES string of the molecule is Cc1cccc(N2CCN(C(=O)c3ccc(-n4ccnc4)cc3)CC2)c1C. The molecule has 1 aromatic heterocycles. The summed E-state index contributed by atoms with van der Waals surface area (Å²) in [6, 6.07) is 14.1. The normalized spacial score (nSPS) is 14.4. The Hall–Kier alpha value is -3.08. The molecule has 0 N–H and O–H groups in total. The van der Waals surface area contributed by atoms with Crippen LogP contribution in [0, 0.1) is 13.8 Å². The molecule has 138 valence electrons. The number of imidazole rings is 1. The van der Waals surface area contributed by atoms with E-state index in [-0.39, 0.29) is 5.91 Å². The van der Waals surface area contributed by atoms with Gasteiger partial charge in [0.05, 0.1) is 6.33 Å². The fraction of sp³-hybridized carbons (Fsp3) is 0.273. The van der Waals surface area contributed by atoms with E-state index in [9.17, 15) is 4.79 Å². The molecule has 5 heteroatoms. The maximum atomic E-state index is 12.9. The largest absolute Gasteiger partial charge is 0.368 e. The predicted octanol–water partition coefficient (Wildman–Crippen LogP) is 3.45. The van der Waals surface area contributed by atoms with E-state index in [4.69, 9.17) is 0 Å². The second kappa shape index (κ2) is 7.27. The van der Waals surface area contributed by atoms with Gasteiger partial charge in [-0.2, -0.15) is 0 Å². The number of aromatic nitrogens is 2. The number of hydrogen-bond donors (Lipinski definition) is 0. The van der Waals surface area contributed by atoms with Crippen LogP contribution in [0.3, 0.4) is 0 Å². The van der Waals surface area contributed by atoms with Crippen LogP contribution in [0.5, 0.6) is 0 Å². The van der Waals surface area contributed by atoms with Crippen LogP contribution in [-0.2, 0) is 0 Å². The van der Waals surface area contributed by atoms with E-state index in [0.717, 1.165) is 37.4 Å². The molecule has 1 saturated heterocycles. The molecule has 0 bridgehead atoms. The summed E-state index contributed by atoms with van der Waals surface area (Å²) < 4.78 is 1.93. The molecule has 1 aliphatic rings. The minimum Gasteiger partial charge on any atom is -0.368 e. The maximum absolute atomic E-state index is 12.9. The van der Waals surface area contributed by atoms with Gasteiger partial charge in [-0.25, -0.2) is 4.98 Å². The van der Waals surface area contributed by atoms with E-state index in [1.165, 1.54) is 16.8 Å². The van der Waals surface area contributed by atoms with Gasteiger partial charge in [0, 0.05) is 55.5 Å². The lowest BCUT2D eigenvalue weighted by Crippen LogP contribution is -2.49. The highest BCUT2D eigenvalue weighted by atomic mass is 16.2. The molecule has 1 amide bonds. The molecule has 1 aliphatic heterocycles. The van der Waals surface area contributed by atoms with Crippen molar-refractivity contribution in [2.45, 2.75) is 13.8 Å². The van der Waals surface area contributed by atoms with Gasteiger partial charge in [0.1, 0.15) is 0 Å². The van der Waals surface area contributed by atoms with Crippen molar-refractivity contribution in [2.24, 2.45) is 0 Å². The Bertz CT molecular complexity index is 923. The van der Waals surface area contributed by atoms with Crippen molar-refractivity contribution in [1.29, 1.82) is 0 Å². The van der Waals surface area contributed by atoms with Crippen molar-refractivity contribution in [3.05, 3.63) is 77.9 Å². The fourth-order valence-corrected chi connectivity index (χ4v) is 3.60. The van der Waals surface area contributed by atoms with Crippen LogP contribution in [0.2, 0.25) is 0 Å². The molecule has 0 spiro atoms. The summed E-state index contributed by atoms with van der Waals surface area (Å²) in [4.78, 5) is 21.2. The Labute approximate surface area is 159 Å². The smallest absolute Gasteiger partial charge is 0.253 e. The van der Waals surface area contributed by atoms with Gasteiger partial charge in [-0.05, 0) is 55.3 Å². The molecule has 0 atom stereocenters. The van der Waals surface area contributed by atoms with E-state index in [0.29, 0.717) is 0 Å². The maximum Gasteiger partial charge on any atom is 0.253 e. The first-order valence-corrected chi connectivity index (χ1v) is 9.32. The highest BCUT2D eigenvalue weighted by Gasteiger charge is 2.23. The third kappa shape index (κ3) is 3.45. The van der Waals surface area contributed by atoms with Crippen LogP contribution in [0.4, 0.5) is 5.69 Å². The van der Waals surface area contributed by atoms with E-state index in [1.54, 1.807) is 12.5 Å². The van der Waals surface area contributed by atoms with Crippen molar-refractivity contribution in [3.63, 3.8) is 0 Å². The van der Waals surface area contributed by atoms with Gasteiger partial charge >= 0.3 is 0 Å². The van der Waals surface area contributed by atoms with Gasteiger partial charge in [0.2, 0.25) is 0 Å². The summed E-state index contributed by atoms with van der Waals surface area (Å²) in [6.45, 7) is 7.54. The summed E-state index contributed by atoms with van der Waals surface area (Å²) in [7, 11) is 0. The molecule has 2 aromatic carbocycles. The van der Waals surface area contributed by atoms with Crippen LogP contribution >= 0.6 is 0 Å². The highest BCUT2D eigenvalue weighted by Crippen LogP contribution is 2.24. The van der Waals surface area contributed by atoms with Gasteiger partial charge in [-0.1, -0.05) is 12.1 Å². The fourth-order valence-electron chi connectivity index (χ4n) is 3.60. The van der Waals surface area contributed by atoms with Crippen LogP contribution in [0.15, 0.2) is 61.2 Å². The summed E-state index contributed by atoms with van der Waals surface area (Å²) in [5.74, 6) is 0.104. The first-order chi connectivity index (χ1) is 13.1. The number of piperazine rings is 1. The molecule has 27 heavy (non-hydrogen) atoms. The quantitative estimate of drug-likeness (QED) is 0.718. The Balaban J connectivity index is 1.42. The summed E-state index contributed by atoms with van der Waals surface area (Å²) >= 11 is 0. The number of anilines is 1.